The second kappa shape index (κ2) is 8.32. The molecule has 0 saturated carbocycles. The van der Waals surface area contributed by atoms with E-state index in [1.807, 2.05) is 6.07 Å². The molecule has 0 atom stereocenters. The lowest BCUT2D eigenvalue weighted by Crippen LogP contribution is -2.24. The van der Waals surface area contributed by atoms with Crippen molar-refractivity contribution < 1.29 is 4.79 Å². The molecule has 23 heavy (non-hydrogen) atoms. The number of anilines is 2. The highest BCUT2D eigenvalue weighted by molar-refractivity contribution is 5.94. The summed E-state index contributed by atoms with van der Waals surface area (Å²) in [4.78, 5) is 16.5. The van der Waals surface area contributed by atoms with E-state index in [0.717, 1.165) is 37.1 Å². The molecule has 4 heteroatoms. The van der Waals surface area contributed by atoms with Crippen LogP contribution in [0.15, 0.2) is 36.5 Å². The van der Waals surface area contributed by atoms with E-state index < -0.39 is 0 Å². The highest BCUT2D eigenvalue weighted by Crippen LogP contribution is 2.20. The van der Waals surface area contributed by atoms with E-state index in [-0.39, 0.29) is 5.91 Å². The number of rotatable bonds is 7. The van der Waals surface area contributed by atoms with Crippen molar-refractivity contribution in [2.45, 2.75) is 40.0 Å². The lowest BCUT2D eigenvalue weighted by Gasteiger charge is -2.11. The van der Waals surface area contributed by atoms with Crippen LogP contribution in [0.5, 0.6) is 0 Å². The molecule has 0 aliphatic heterocycles. The number of pyridine rings is 1. The van der Waals surface area contributed by atoms with Crippen LogP contribution in [0.1, 0.15) is 47.7 Å². The second-order valence-electron chi connectivity index (χ2n) is 5.84. The van der Waals surface area contributed by atoms with Crippen LogP contribution in [0, 0.1) is 13.8 Å². The van der Waals surface area contributed by atoms with E-state index in [0.29, 0.717) is 11.4 Å². The first-order valence-electron chi connectivity index (χ1n) is 8.18. The molecule has 1 aromatic heterocycles. The van der Waals surface area contributed by atoms with Gasteiger partial charge in [-0.1, -0.05) is 37.5 Å². The average molecular weight is 311 g/mol. The summed E-state index contributed by atoms with van der Waals surface area (Å²) in [6.07, 6.45) is 4.96. The summed E-state index contributed by atoms with van der Waals surface area (Å²) in [7, 11) is 0. The van der Waals surface area contributed by atoms with E-state index >= 15 is 0 Å². The van der Waals surface area contributed by atoms with Gasteiger partial charge in [-0.05, 0) is 44.0 Å². The van der Waals surface area contributed by atoms with E-state index in [4.69, 9.17) is 0 Å². The molecule has 0 fully saturated rings. The molecule has 2 rings (SSSR count). The fraction of sp³-hybridized carbons (Fsp3) is 0.368. The molecule has 122 valence electrons. The number of benzene rings is 1. The summed E-state index contributed by atoms with van der Waals surface area (Å²) < 4.78 is 0. The minimum absolute atomic E-state index is 0.0489. The predicted octanol–water partition coefficient (Wildman–Crippen LogP) is 4.36. The SMILES string of the molecule is CCCCCNC(=O)c1ccnc(Nc2ccc(C)cc2C)c1. The van der Waals surface area contributed by atoms with Crippen molar-refractivity contribution >= 4 is 17.4 Å². The van der Waals surface area contributed by atoms with Gasteiger partial charge in [0.2, 0.25) is 0 Å². The summed E-state index contributed by atoms with van der Waals surface area (Å²) in [6, 6.07) is 9.73. The summed E-state index contributed by atoms with van der Waals surface area (Å²) in [5, 5.41) is 6.23. The van der Waals surface area contributed by atoms with Gasteiger partial charge in [0.25, 0.3) is 5.91 Å². The highest BCUT2D eigenvalue weighted by atomic mass is 16.1. The number of amides is 1. The fourth-order valence-corrected chi connectivity index (χ4v) is 2.41. The summed E-state index contributed by atoms with van der Waals surface area (Å²) >= 11 is 0. The molecule has 1 amide bonds. The number of carbonyl (C=O) groups excluding carboxylic acids is 1. The van der Waals surface area contributed by atoms with Crippen LogP contribution in [-0.2, 0) is 0 Å². The van der Waals surface area contributed by atoms with E-state index in [1.165, 1.54) is 5.56 Å². The zero-order valence-corrected chi connectivity index (χ0v) is 14.1. The lowest BCUT2D eigenvalue weighted by atomic mass is 10.1. The van der Waals surface area contributed by atoms with E-state index in [1.54, 1.807) is 18.3 Å². The van der Waals surface area contributed by atoms with Crippen LogP contribution in [-0.4, -0.2) is 17.4 Å². The number of unbranched alkanes of at least 4 members (excludes halogenated alkanes) is 2. The Kier molecular flexibility index (Phi) is 6.15. The van der Waals surface area contributed by atoms with Gasteiger partial charge < -0.3 is 10.6 Å². The largest absolute Gasteiger partial charge is 0.352 e. The Morgan fingerprint density at radius 1 is 1.13 bits per heavy atom. The molecule has 0 radical (unpaired) electrons. The minimum atomic E-state index is -0.0489. The molecule has 1 aromatic carbocycles. The summed E-state index contributed by atoms with van der Waals surface area (Å²) in [5.74, 6) is 0.630. The van der Waals surface area contributed by atoms with Crippen molar-refractivity contribution in [2.75, 3.05) is 11.9 Å². The molecule has 2 N–H and O–H groups in total. The smallest absolute Gasteiger partial charge is 0.251 e. The number of aromatic nitrogens is 1. The third-order valence-electron chi connectivity index (χ3n) is 3.73. The van der Waals surface area contributed by atoms with Crippen molar-refractivity contribution in [1.82, 2.24) is 10.3 Å². The molecule has 4 nitrogen and oxygen atoms in total. The minimum Gasteiger partial charge on any atom is -0.352 e. The van der Waals surface area contributed by atoms with Gasteiger partial charge in [-0.15, -0.1) is 0 Å². The van der Waals surface area contributed by atoms with Crippen molar-refractivity contribution in [1.29, 1.82) is 0 Å². The zero-order chi connectivity index (χ0) is 16.7. The first kappa shape index (κ1) is 17.0. The van der Waals surface area contributed by atoms with Crippen molar-refractivity contribution in [2.24, 2.45) is 0 Å². The third-order valence-corrected chi connectivity index (χ3v) is 3.73. The lowest BCUT2D eigenvalue weighted by molar-refractivity contribution is 0.0953. The second-order valence-corrected chi connectivity index (χ2v) is 5.84. The number of aryl methyl sites for hydroxylation is 2. The van der Waals surface area contributed by atoms with Crippen molar-refractivity contribution in [3.8, 4) is 0 Å². The Bertz CT molecular complexity index is 667. The van der Waals surface area contributed by atoms with E-state index in [9.17, 15) is 4.79 Å². The van der Waals surface area contributed by atoms with Gasteiger partial charge in [-0.25, -0.2) is 4.98 Å². The number of hydrogen-bond donors (Lipinski definition) is 2. The van der Waals surface area contributed by atoms with Crippen LogP contribution in [0.3, 0.4) is 0 Å². The van der Waals surface area contributed by atoms with Crippen LogP contribution in [0.25, 0.3) is 0 Å². The van der Waals surface area contributed by atoms with Crippen molar-refractivity contribution in [3.05, 3.63) is 53.2 Å². The van der Waals surface area contributed by atoms with Gasteiger partial charge in [0, 0.05) is 24.0 Å². The fourth-order valence-electron chi connectivity index (χ4n) is 2.41. The normalized spacial score (nSPS) is 10.4. The third kappa shape index (κ3) is 5.09. The molecule has 2 aromatic rings. The van der Waals surface area contributed by atoms with Crippen molar-refractivity contribution in [3.63, 3.8) is 0 Å². The Labute approximate surface area is 138 Å². The summed E-state index contributed by atoms with van der Waals surface area (Å²) in [6.45, 7) is 6.99. The molecule has 0 spiro atoms. The zero-order valence-electron chi connectivity index (χ0n) is 14.1. The van der Waals surface area contributed by atoms with Crippen LogP contribution in [0.2, 0.25) is 0 Å². The maximum atomic E-state index is 12.2. The molecular formula is C19H25N3O. The molecule has 0 unspecified atom stereocenters. The molecular weight excluding hydrogens is 286 g/mol. The first-order chi connectivity index (χ1) is 11.1. The predicted molar refractivity (Wildman–Crippen MR) is 95.3 cm³/mol. The molecule has 0 aliphatic rings. The molecule has 0 bridgehead atoms. The Balaban J connectivity index is 2.03. The maximum Gasteiger partial charge on any atom is 0.251 e. The van der Waals surface area contributed by atoms with Gasteiger partial charge in [0.05, 0.1) is 0 Å². The van der Waals surface area contributed by atoms with Crippen LogP contribution < -0.4 is 10.6 Å². The van der Waals surface area contributed by atoms with Gasteiger partial charge in [-0.3, -0.25) is 4.79 Å². The van der Waals surface area contributed by atoms with Gasteiger partial charge >= 0.3 is 0 Å². The molecule has 1 heterocycles. The number of nitrogens with one attached hydrogen (secondary N) is 2. The Hall–Kier alpha value is -2.36. The maximum absolute atomic E-state index is 12.2. The Morgan fingerprint density at radius 3 is 2.70 bits per heavy atom. The van der Waals surface area contributed by atoms with E-state index in [2.05, 4.69) is 48.5 Å². The topological polar surface area (TPSA) is 54.0 Å². The number of nitrogens with zero attached hydrogens (tertiary/aromatic N) is 1. The van der Waals surface area contributed by atoms with Crippen LogP contribution >= 0.6 is 0 Å². The molecule has 0 aliphatic carbocycles. The van der Waals surface area contributed by atoms with Gasteiger partial charge in [0.15, 0.2) is 0 Å². The molecule has 0 saturated heterocycles. The quantitative estimate of drug-likeness (QED) is 0.747. The van der Waals surface area contributed by atoms with Crippen LogP contribution in [0.4, 0.5) is 11.5 Å². The van der Waals surface area contributed by atoms with Gasteiger partial charge in [0.1, 0.15) is 5.82 Å². The standard InChI is InChI=1S/C19H25N3O/c1-4-5-6-10-21-19(23)16-9-11-20-18(13-16)22-17-8-7-14(2)12-15(17)3/h7-9,11-13H,4-6,10H2,1-3H3,(H,20,22)(H,21,23). The first-order valence-corrected chi connectivity index (χ1v) is 8.18. The average Bonchev–Trinajstić information content (AvgIpc) is 2.54. The summed E-state index contributed by atoms with van der Waals surface area (Å²) in [5.41, 5.74) is 4.01. The highest BCUT2D eigenvalue weighted by Gasteiger charge is 2.07. The van der Waals surface area contributed by atoms with Gasteiger partial charge in [-0.2, -0.15) is 0 Å². The number of hydrogen-bond acceptors (Lipinski definition) is 3. The Morgan fingerprint density at radius 2 is 1.96 bits per heavy atom. The number of carbonyl (C=O) groups is 1. The monoisotopic (exact) mass is 311 g/mol.